The highest BCUT2D eigenvalue weighted by molar-refractivity contribution is 5.75. The Bertz CT molecular complexity index is 247. The molecule has 0 bridgehead atoms. The SMILES string of the molecule is CN(CCNC(=O)CCC1CCNC1)C1CC1. The first-order valence-corrected chi connectivity index (χ1v) is 6.93. The molecule has 2 fully saturated rings. The van der Waals surface area contributed by atoms with E-state index in [-0.39, 0.29) is 5.91 Å². The van der Waals surface area contributed by atoms with E-state index in [1.165, 1.54) is 19.3 Å². The molecular weight excluding hydrogens is 214 g/mol. The van der Waals surface area contributed by atoms with Gasteiger partial charge in [-0.1, -0.05) is 0 Å². The molecule has 0 spiro atoms. The summed E-state index contributed by atoms with van der Waals surface area (Å²) in [4.78, 5) is 14.0. The second-order valence-corrected chi connectivity index (χ2v) is 5.46. The van der Waals surface area contributed by atoms with Gasteiger partial charge in [-0.25, -0.2) is 0 Å². The number of nitrogens with one attached hydrogen (secondary N) is 2. The summed E-state index contributed by atoms with van der Waals surface area (Å²) in [5, 5.41) is 6.35. The summed E-state index contributed by atoms with van der Waals surface area (Å²) in [5.74, 6) is 0.941. The normalized spacial score (nSPS) is 24.2. The van der Waals surface area contributed by atoms with Gasteiger partial charge in [-0.05, 0) is 51.7 Å². The van der Waals surface area contributed by atoms with Gasteiger partial charge in [0.05, 0.1) is 0 Å². The molecule has 1 atom stereocenters. The topological polar surface area (TPSA) is 44.4 Å². The van der Waals surface area contributed by atoms with E-state index >= 15 is 0 Å². The molecule has 1 saturated carbocycles. The van der Waals surface area contributed by atoms with Crippen molar-refractivity contribution in [3.63, 3.8) is 0 Å². The van der Waals surface area contributed by atoms with Crippen LogP contribution in [0.1, 0.15) is 32.1 Å². The molecule has 0 aromatic heterocycles. The molecule has 1 unspecified atom stereocenters. The Morgan fingerprint density at radius 3 is 2.88 bits per heavy atom. The Hall–Kier alpha value is -0.610. The van der Waals surface area contributed by atoms with Gasteiger partial charge in [-0.3, -0.25) is 4.79 Å². The molecule has 4 nitrogen and oxygen atoms in total. The molecule has 1 amide bonds. The molecule has 17 heavy (non-hydrogen) atoms. The van der Waals surface area contributed by atoms with E-state index in [4.69, 9.17) is 0 Å². The summed E-state index contributed by atoms with van der Waals surface area (Å²) in [6, 6.07) is 0.788. The van der Waals surface area contributed by atoms with Gasteiger partial charge in [0.2, 0.25) is 5.91 Å². The zero-order chi connectivity index (χ0) is 12.1. The number of carbonyl (C=O) groups is 1. The van der Waals surface area contributed by atoms with Crippen molar-refractivity contribution >= 4 is 5.91 Å². The fourth-order valence-electron chi connectivity index (χ4n) is 2.45. The van der Waals surface area contributed by atoms with E-state index in [0.717, 1.165) is 44.6 Å². The zero-order valence-electron chi connectivity index (χ0n) is 10.9. The van der Waals surface area contributed by atoms with Crippen LogP contribution in [-0.2, 0) is 4.79 Å². The number of nitrogens with zero attached hydrogens (tertiary/aromatic N) is 1. The van der Waals surface area contributed by atoms with Crippen LogP contribution in [0.15, 0.2) is 0 Å². The van der Waals surface area contributed by atoms with Crippen molar-refractivity contribution in [1.29, 1.82) is 0 Å². The maximum atomic E-state index is 11.6. The highest BCUT2D eigenvalue weighted by atomic mass is 16.1. The first kappa shape index (κ1) is 12.8. The summed E-state index contributed by atoms with van der Waals surface area (Å²) >= 11 is 0. The number of carbonyl (C=O) groups excluding carboxylic acids is 1. The minimum absolute atomic E-state index is 0.223. The molecule has 2 aliphatic rings. The van der Waals surface area contributed by atoms with Crippen LogP contribution in [-0.4, -0.2) is 50.1 Å². The van der Waals surface area contributed by atoms with Gasteiger partial charge < -0.3 is 15.5 Å². The lowest BCUT2D eigenvalue weighted by molar-refractivity contribution is -0.121. The van der Waals surface area contributed by atoms with E-state index in [0.29, 0.717) is 6.42 Å². The number of amides is 1. The third kappa shape index (κ3) is 4.64. The van der Waals surface area contributed by atoms with Crippen molar-refractivity contribution in [2.75, 3.05) is 33.2 Å². The van der Waals surface area contributed by atoms with Crippen LogP contribution in [0.3, 0.4) is 0 Å². The van der Waals surface area contributed by atoms with E-state index in [9.17, 15) is 4.79 Å². The van der Waals surface area contributed by atoms with Crippen LogP contribution in [0, 0.1) is 5.92 Å². The lowest BCUT2D eigenvalue weighted by atomic mass is 10.0. The molecular formula is C13H25N3O. The summed E-state index contributed by atoms with van der Waals surface area (Å²) in [7, 11) is 2.15. The van der Waals surface area contributed by atoms with Crippen molar-refractivity contribution in [2.45, 2.75) is 38.1 Å². The van der Waals surface area contributed by atoms with Gasteiger partial charge in [0.1, 0.15) is 0 Å². The summed E-state index contributed by atoms with van der Waals surface area (Å²) in [6.07, 6.45) is 5.63. The van der Waals surface area contributed by atoms with Crippen LogP contribution in [0.5, 0.6) is 0 Å². The molecule has 0 radical (unpaired) electrons. The van der Waals surface area contributed by atoms with Crippen molar-refractivity contribution < 1.29 is 4.79 Å². The van der Waals surface area contributed by atoms with Crippen molar-refractivity contribution in [3.05, 3.63) is 0 Å². The van der Waals surface area contributed by atoms with Gasteiger partial charge in [-0.2, -0.15) is 0 Å². The molecule has 4 heteroatoms. The maximum Gasteiger partial charge on any atom is 0.220 e. The molecule has 1 aliphatic heterocycles. The number of hydrogen-bond donors (Lipinski definition) is 2. The molecule has 98 valence electrons. The number of hydrogen-bond acceptors (Lipinski definition) is 3. The van der Waals surface area contributed by atoms with Gasteiger partial charge >= 0.3 is 0 Å². The quantitative estimate of drug-likeness (QED) is 0.683. The lowest BCUT2D eigenvalue weighted by Crippen LogP contribution is -2.34. The Balaban J connectivity index is 1.48. The Labute approximate surface area is 104 Å². The fourth-order valence-corrected chi connectivity index (χ4v) is 2.45. The molecule has 2 rings (SSSR count). The summed E-state index contributed by atoms with van der Waals surface area (Å²) in [5.41, 5.74) is 0. The van der Waals surface area contributed by atoms with Crippen LogP contribution in [0.2, 0.25) is 0 Å². The Kier molecular flexibility index (Phi) is 4.80. The number of likely N-dealkylation sites (N-methyl/N-ethyl adjacent to an activating group) is 1. The summed E-state index contributed by atoms with van der Waals surface area (Å²) < 4.78 is 0. The van der Waals surface area contributed by atoms with Crippen LogP contribution in [0.25, 0.3) is 0 Å². The van der Waals surface area contributed by atoms with E-state index in [1.54, 1.807) is 0 Å². The average Bonchev–Trinajstić information content (AvgIpc) is 3.04. The molecule has 0 aromatic rings. The monoisotopic (exact) mass is 239 g/mol. The number of rotatable bonds is 7. The molecule has 2 N–H and O–H groups in total. The van der Waals surface area contributed by atoms with Gasteiger partial charge in [0.25, 0.3) is 0 Å². The standard InChI is InChI=1S/C13H25N3O/c1-16(12-3-4-12)9-8-15-13(17)5-2-11-6-7-14-10-11/h11-12,14H,2-10H2,1H3,(H,15,17). The molecule has 1 aliphatic carbocycles. The maximum absolute atomic E-state index is 11.6. The average molecular weight is 239 g/mol. The van der Waals surface area contributed by atoms with Crippen LogP contribution in [0.4, 0.5) is 0 Å². The first-order chi connectivity index (χ1) is 8.25. The zero-order valence-corrected chi connectivity index (χ0v) is 10.9. The molecule has 1 heterocycles. The summed E-state index contributed by atoms with van der Waals surface area (Å²) in [6.45, 7) is 4.01. The predicted molar refractivity (Wildman–Crippen MR) is 68.9 cm³/mol. The third-order valence-electron chi connectivity index (χ3n) is 3.90. The van der Waals surface area contributed by atoms with Crippen LogP contribution < -0.4 is 10.6 Å². The fraction of sp³-hybridized carbons (Fsp3) is 0.923. The van der Waals surface area contributed by atoms with Crippen molar-refractivity contribution in [1.82, 2.24) is 15.5 Å². The molecule has 0 aromatic carbocycles. The highest BCUT2D eigenvalue weighted by Crippen LogP contribution is 2.24. The second-order valence-electron chi connectivity index (χ2n) is 5.46. The van der Waals surface area contributed by atoms with E-state index < -0.39 is 0 Å². The van der Waals surface area contributed by atoms with Gasteiger partial charge in [-0.15, -0.1) is 0 Å². The van der Waals surface area contributed by atoms with Crippen LogP contribution >= 0.6 is 0 Å². The first-order valence-electron chi connectivity index (χ1n) is 6.93. The Morgan fingerprint density at radius 1 is 1.41 bits per heavy atom. The van der Waals surface area contributed by atoms with Gasteiger partial charge in [0, 0.05) is 25.6 Å². The van der Waals surface area contributed by atoms with Gasteiger partial charge in [0.15, 0.2) is 0 Å². The van der Waals surface area contributed by atoms with Crippen molar-refractivity contribution in [3.8, 4) is 0 Å². The smallest absolute Gasteiger partial charge is 0.220 e. The Morgan fingerprint density at radius 2 is 2.24 bits per heavy atom. The highest BCUT2D eigenvalue weighted by Gasteiger charge is 2.25. The second kappa shape index (κ2) is 6.36. The molecule has 1 saturated heterocycles. The van der Waals surface area contributed by atoms with E-state index in [2.05, 4.69) is 22.6 Å². The van der Waals surface area contributed by atoms with E-state index in [1.807, 2.05) is 0 Å². The third-order valence-corrected chi connectivity index (χ3v) is 3.90. The van der Waals surface area contributed by atoms with Crippen molar-refractivity contribution in [2.24, 2.45) is 5.92 Å². The lowest BCUT2D eigenvalue weighted by Gasteiger charge is -2.16. The minimum atomic E-state index is 0.223. The minimum Gasteiger partial charge on any atom is -0.355 e. The predicted octanol–water partition coefficient (Wildman–Crippen LogP) is 0.587. The largest absolute Gasteiger partial charge is 0.355 e.